The Kier molecular flexibility index (Phi) is 4.22. The Bertz CT molecular complexity index is 269. The summed E-state index contributed by atoms with van der Waals surface area (Å²) >= 11 is 6.95. The number of aliphatic hydroxyl groups excluding tert-OH is 2. The molecule has 0 aliphatic heterocycles. The number of aliphatic hydroxyl groups is 2. The van der Waals surface area contributed by atoms with Crippen LogP contribution in [0.3, 0.4) is 0 Å². The first kappa shape index (κ1) is 12.3. The minimum atomic E-state index is -0.366. The zero-order valence-corrected chi connectivity index (χ0v) is 11.2. The lowest BCUT2D eigenvalue weighted by atomic mass is 9.97. The lowest BCUT2D eigenvalue weighted by Gasteiger charge is -2.24. The largest absolute Gasteiger partial charge is 0.508 e. The Hall–Kier alpha value is 0.200. The highest BCUT2D eigenvalue weighted by Gasteiger charge is 2.26. The van der Waals surface area contributed by atoms with Crippen molar-refractivity contribution in [1.82, 2.24) is 0 Å². The Morgan fingerprint density at radius 3 is 2.79 bits per heavy atom. The molecule has 1 unspecified atom stereocenters. The normalized spacial score (nSPS) is 22.6. The second kappa shape index (κ2) is 4.81. The van der Waals surface area contributed by atoms with Crippen LogP contribution in [-0.4, -0.2) is 19.6 Å². The van der Waals surface area contributed by atoms with Crippen molar-refractivity contribution in [2.24, 2.45) is 0 Å². The van der Waals surface area contributed by atoms with Gasteiger partial charge in [-0.3, -0.25) is 0 Å². The maximum Gasteiger partial charge on any atom is 0.114 e. The van der Waals surface area contributed by atoms with Crippen LogP contribution in [0.25, 0.3) is 0 Å². The molecule has 0 spiro atoms. The predicted octanol–water partition coefficient (Wildman–Crippen LogP) is 3.41. The van der Waals surface area contributed by atoms with Gasteiger partial charge in [0.2, 0.25) is 0 Å². The summed E-state index contributed by atoms with van der Waals surface area (Å²) in [5, 5.41) is 19.1. The average Bonchev–Trinajstić information content (AvgIpc) is 2.11. The van der Waals surface area contributed by atoms with Crippen LogP contribution in [0.1, 0.15) is 26.2 Å². The fourth-order valence-electron chi connectivity index (χ4n) is 1.36. The molecular weight excluding hydrogens is 312 g/mol. The molecular formula is C10H14Br2O2. The molecule has 0 amide bonds. The van der Waals surface area contributed by atoms with Gasteiger partial charge in [0.15, 0.2) is 0 Å². The van der Waals surface area contributed by atoms with Gasteiger partial charge in [-0.05, 0) is 24.5 Å². The van der Waals surface area contributed by atoms with E-state index in [0.29, 0.717) is 19.3 Å². The average molecular weight is 326 g/mol. The quantitative estimate of drug-likeness (QED) is 0.781. The molecule has 1 aliphatic rings. The molecule has 0 saturated carbocycles. The second-order valence-electron chi connectivity index (χ2n) is 3.53. The highest BCUT2D eigenvalue weighted by atomic mass is 79.9. The van der Waals surface area contributed by atoms with Gasteiger partial charge in [-0.2, -0.15) is 0 Å². The number of allylic oxidation sites excluding steroid dienone is 2. The Morgan fingerprint density at radius 2 is 2.21 bits per heavy atom. The molecule has 0 saturated heterocycles. The molecule has 1 aliphatic carbocycles. The fraction of sp³-hybridized carbons (Fsp3) is 0.600. The molecule has 2 nitrogen and oxygen atoms in total. The molecule has 14 heavy (non-hydrogen) atoms. The standard InChI is InChI=1S/C10H14Br2O2/c1-2-8(13)5-7-6-10(11,12)4-3-9(7)14/h3-4,8,13-14H,2,5-6H2,1H3. The van der Waals surface area contributed by atoms with Crippen LogP contribution in [0, 0.1) is 0 Å². The summed E-state index contributed by atoms with van der Waals surface area (Å²) in [6, 6.07) is 0. The van der Waals surface area contributed by atoms with E-state index < -0.39 is 0 Å². The van der Waals surface area contributed by atoms with Crippen LogP contribution in [0.5, 0.6) is 0 Å². The van der Waals surface area contributed by atoms with Gasteiger partial charge in [-0.15, -0.1) is 0 Å². The number of hydrogen-bond acceptors (Lipinski definition) is 2. The minimum Gasteiger partial charge on any atom is -0.508 e. The summed E-state index contributed by atoms with van der Waals surface area (Å²) in [4.78, 5) is 0. The number of rotatable bonds is 3. The van der Waals surface area contributed by atoms with Crippen molar-refractivity contribution in [3.05, 3.63) is 23.5 Å². The van der Waals surface area contributed by atoms with Crippen LogP contribution in [0.2, 0.25) is 0 Å². The van der Waals surface area contributed by atoms with E-state index in [1.807, 2.05) is 13.0 Å². The third kappa shape index (κ3) is 3.41. The van der Waals surface area contributed by atoms with Crippen LogP contribution >= 0.6 is 31.9 Å². The van der Waals surface area contributed by atoms with Crippen molar-refractivity contribution in [2.45, 2.75) is 35.5 Å². The van der Waals surface area contributed by atoms with Gasteiger partial charge in [0.05, 0.1) is 6.10 Å². The van der Waals surface area contributed by atoms with E-state index in [4.69, 9.17) is 0 Å². The molecule has 0 bridgehead atoms. The van der Waals surface area contributed by atoms with Gasteiger partial charge in [0.25, 0.3) is 0 Å². The molecule has 0 aromatic rings. The summed E-state index contributed by atoms with van der Waals surface area (Å²) < 4.78 is -0.269. The highest BCUT2D eigenvalue weighted by molar-refractivity contribution is 9.25. The molecule has 1 atom stereocenters. The molecule has 1 rings (SSSR count). The van der Waals surface area contributed by atoms with Crippen molar-refractivity contribution in [3.63, 3.8) is 0 Å². The Balaban J connectivity index is 2.71. The molecule has 0 fully saturated rings. The molecule has 2 N–H and O–H groups in total. The zero-order valence-electron chi connectivity index (χ0n) is 8.00. The second-order valence-corrected chi connectivity index (χ2v) is 7.42. The first-order valence-corrected chi connectivity index (χ1v) is 6.19. The third-order valence-electron chi connectivity index (χ3n) is 2.25. The monoisotopic (exact) mass is 324 g/mol. The SMILES string of the molecule is CCC(O)CC1=C(O)C=CC(Br)(Br)C1. The van der Waals surface area contributed by atoms with E-state index in [1.165, 1.54) is 0 Å². The summed E-state index contributed by atoms with van der Waals surface area (Å²) in [6.07, 6.45) is 5.06. The van der Waals surface area contributed by atoms with Crippen LogP contribution in [0.4, 0.5) is 0 Å². The van der Waals surface area contributed by atoms with Crippen molar-refractivity contribution >= 4 is 31.9 Å². The van der Waals surface area contributed by atoms with E-state index in [-0.39, 0.29) is 15.1 Å². The summed E-state index contributed by atoms with van der Waals surface area (Å²) in [5.41, 5.74) is 0.885. The summed E-state index contributed by atoms with van der Waals surface area (Å²) in [6.45, 7) is 1.93. The van der Waals surface area contributed by atoms with Gasteiger partial charge < -0.3 is 10.2 Å². The van der Waals surface area contributed by atoms with E-state index in [9.17, 15) is 10.2 Å². The van der Waals surface area contributed by atoms with Crippen LogP contribution < -0.4 is 0 Å². The van der Waals surface area contributed by atoms with Gasteiger partial charge in [0.1, 0.15) is 8.99 Å². The fourth-order valence-corrected chi connectivity index (χ4v) is 2.30. The maximum atomic E-state index is 9.59. The van der Waals surface area contributed by atoms with Gasteiger partial charge in [-0.1, -0.05) is 44.9 Å². The van der Waals surface area contributed by atoms with E-state index >= 15 is 0 Å². The lowest BCUT2D eigenvalue weighted by Crippen LogP contribution is -2.17. The first-order valence-electron chi connectivity index (χ1n) is 4.60. The van der Waals surface area contributed by atoms with Gasteiger partial charge >= 0.3 is 0 Å². The van der Waals surface area contributed by atoms with Crippen molar-refractivity contribution in [2.75, 3.05) is 0 Å². The van der Waals surface area contributed by atoms with Crippen LogP contribution in [-0.2, 0) is 0 Å². The maximum absolute atomic E-state index is 9.59. The zero-order chi connectivity index (χ0) is 10.8. The highest BCUT2D eigenvalue weighted by Crippen LogP contribution is 2.40. The van der Waals surface area contributed by atoms with Gasteiger partial charge in [-0.25, -0.2) is 0 Å². The smallest absolute Gasteiger partial charge is 0.114 e. The number of alkyl halides is 2. The molecule has 80 valence electrons. The number of halogens is 2. The van der Waals surface area contributed by atoms with Crippen molar-refractivity contribution in [1.29, 1.82) is 0 Å². The van der Waals surface area contributed by atoms with Crippen LogP contribution in [0.15, 0.2) is 23.5 Å². The minimum absolute atomic E-state index is 0.269. The topological polar surface area (TPSA) is 40.5 Å². The molecule has 0 aromatic heterocycles. The van der Waals surface area contributed by atoms with Crippen molar-refractivity contribution < 1.29 is 10.2 Å². The predicted molar refractivity (Wildman–Crippen MR) is 64.9 cm³/mol. The lowest BCUT2D eigenvalue weighted by molar-refractivity contribution is 0.167. The van der Waals surface area contributed by atoms with Crippen molar-refractivity contribution in [3.8, 4) is 0 Å². The summed E-state index contributed by atoms with van der Waals surface area (Å²) in [5.74, 6) is 0.284. The van der Waals surface area contributed by atoms with E-state index in [0.717, 1.165) is 5.57 Å². The molecule has 4 heteroatoms. The molecule has 0 radical (unpaired) electrons. The third-order valence-corrected chi connectivity index (χ3v) is 3.34. The Labute approximate surface area is 101 Å². The van der Waals surface area contributed by atoms with E-state index in [1.54, 1.807) is 6.08 Å². The first-order chi connectivity index (χ1) is 6.44. The molecule has 0 aromatic carbocycles. The van der Waals surface area contributed by atoms with E-state index in [2.05, 4.69) is 31.9 Å². The summed E-state index contributed by atoms with van der Waals surface area (Å²) in [7, 11) is 0. The Morgan fingerprint density at radius 1 is 1.57 bits per heavy atom. The number of hydrogen-bond donors (Lipinski definition) is 2. The van der Waals surface area contributed by atoms with Gasteiger partial charge in [0, 0.05) is 6.42 Å². The molecule has 0 heterocycles.